The summed E-state index contributed by atoms with van der Waals surface area (Å²) in [4.78, 5) is 3.57. The molecule has 0 unspecified atom stereocenters. The van der Waals surface area contributed by atoms with Gasteiger partial charge in [0, 0.05) is 37.3 Å². The van der Waals surface area contributed by atoms with Gasteiger partial charge in [-0.2, -0.15) is 0 Å². The van der Waals surface area contributed by atoms with Gasteiger partial charge in [-0.25, -0.2) is 0 Å². The summed E-state index contributed by atoms with van der Waals surface area (Å²) < 4.78 is 6.30. The number of fused-ring (bicyclic) bond motifs is 7. The Kier molecular flexibility index (Phi) is 3.31. The maximum Gasteiger partial charge on any atom is 0.145 e. The Bertz CT molecular complexity index is 1520. The summed E-state index contributed by atoms with van der Waals surface area (Å²) in [7, 11) is 0. The van der Waals surface area contributed by atoms with Gasteiger partial charge < -0.3 is 9.40 Å². The van der Waals surface area contributed by atoms with Crippen LogP contribution < -0.4 is 0 Å². The number of furan rings is 1. The third-order valence-electron chi connectivity index (χ3n) is 5.30. The van der Waals surface area contributed by atoms with E-state index in [4.69, 9.17) is 27.6 Å². The van der Waals surface area contributed by atoms with Gasteiger partial charge in [-0.1, -0.05) is 59.6 Å². The molecule has 0 saturated heterocycles. The average molecular weight is 402 g/mol. The van der Waals surface area contributed by atoms with Gasteiger partial charge in [0.1, 0.15) is 11.2 Å². The van der Waals surface area contributed by atoms with E-state index in [1.807, 2.05) is 42.5 Å². The van der Waals surface area contributed by atoms with Crippen LogP contribution in [0.1, 0.15) is 0 Å². The molecule has 28 heavy (non-hydrogen) atoms. The molecule has 2 aromatic heterocycles. The monoisotopic (exact) mass is 401 g/mol. The van der Waals surface area contributed by atoms with Gasteiger partial charge in [0.25, 0.3) is 0 Å². The fraction of sp³-hybridized carbons (Fsp3) is 0. The van der Waals surface area contributed by atoms with Crippen molar-refractivity contribution in [3.63, 3.8) is 0 Å². The van der Waals surface area contributed by atoms with E-state index in [9.17, 15) is 0 Å². The zero-order valence-corrected chi connectivity index (χ0v) is 16.1. The van der Waals surface area contributed by atoms with Gasteiger partial charge in [0.05, 0.1) is 10.9 Å². The van der Waals surface area contributed by atoms with Crippen LogP contribution >= 0.6 is 23.2 Å². The second kappa shape index (κ2) is 5.78. The van der Waals surface area contributed by atoms with E-state index in [-0.39, 0.29) is 0 Å². The second-order valence-corrected chi connectivity index (χ2v) is 7.85. The molecule has 0 amide bonds. The van der Waals surface area contributed by atoms with E-state index in [1.165, 1.54) is 0 Å². The number of hydrogen-bond acceptors (Lipinski definition) is 1. The van der Waals surface area contributed by atoms with Gasteiger partial charge in [0.2, 0.25) is 0 Å². The third-order valence-corrected chi connectivity index (χ3v) is 5.74. The molecule has 2 nitrogen and oxygen atoms in total. The van der Waals surface area contributed by atoms with Gasteiger partial charge in [-0.3, -0.25) is 0 Å². The molecule has 0 bridgehead atoms. The van der Waals surface area contributed by atoms with Crippen LogP contribution in [0.25, 0.3) is 54.9 Å². The second-order valence-electron chi connectivity index (χ2n) is 6.98. The van der Waals surface area contributed by atoms with Crippen molar-refractivity contribution in [2.45, 2.75) is 0 Å². The van der Waals surface area contributed by atoms with Crippen LogP contribution in [0, 0.1) is 0 Å². The zero-order chi connectivity index (χ0) is 18.8. The minimum absolute atomic E-state index is 0.615. The number of para-hydroxylation sites is 2. The standard InChI is InChI=1S/C24H13Cl2NO/c25-14-9-13(10-15(26)11-14)18-12-19-16-5-2-4-8-21(16)28-24(19)22-17-6-1-3-7-20(17)27-23(18)22/h1-12,27H. The highest BCUT2D eigenvalue weighted by Crippen LogP contribution is 2.43. The van der Waals surface area contributed by atoms with E-state index in [0.29, 0.717) is 10.0 Å². The Hall–Kier alpha value is -2.94. The molecule has 0 radical (unpaired) electrons. The molecule has 0 fully saturated rings. The van der Waals surface area contributed by atoms with E-state index in [2.05, 4.69) is 29.2 Å². The van der Waals surface area contributed by atoms with E-state index < -0.39 is 0 Å². The molecule has 2 heterocycles. The van der Waals surface area contributed by atoms with Gasteiger partial charge >= 0.3 is 0 Å². The topological polar surface area (TPSA) is 28.9 Å². The summed E-state index contributed by atoms with van der Waals surface area (Å²) in [5, 5.41) is 5.62. The van der Waals surface area contributed by atoms with Crippen molar-refractivity contribution in [2.75, 3.05) is 0 Å². The highest BCUT2D eigenvalue weighted by Gasteiger charge is 2.18. The lowest BCUT2D eigenvalue weighted by molar-refractivity contribution is 0.673. The van der Waals surface area contributed by atoms with Gasteiger partial charge in [-0.05, 0) is 42.0 Å². The van der Waals surface area contributed by atoms with Crippen LogP contribution in [0.15, 0.2) is 77.2 Å². The highest BCUT2D eigenvalue weighted by molar-refractivity contribution is 6.35. The van der Waals surface area contributed by atoms with Crippen molar-refractivity contribution < 1.29 is 4.42 Å². The largest absolute Gasteiger partial charge is 0.455 e. The van der Waals surface area contributed by atoms with Crippen molar-refractivity contribution in [2.24, 2.45) is 0 Å². The minimum atomic E-state index is 0.615. The third kappa shape index (κ3) is 2.22. The number of aromatic nitrogens is 1. The number of nitrogens with one attached hydrogen (secondary N) is 1. The summed E-state index contributed by atoms with van der Waals surface area (Å²) in [6.45, 7) is 0. The fourth-order valence-corrected chi connectivity index (χ4v) is 4.65. The molecular formula is C24H13Cl2NO. The normalized spacial score (nSPS) is 11.9. The van der Waals surface area contributed by atoms with Crippen molar-refractivity contribution in [1.82, 2.24) is 4.98 Å². The maximum absolute atomic E-state index is 6.31. The average Bonchev–Trinajstić information content (AvgIpc) is 3.24. The van der Waals surface area contributed by atoms with Crippen molar-refractivity contribution >= 4 is 66.9 Å². The molecule has 0 spiro atoms. The molecule has 0 aliphatic carbocycles. The summed E-state index contributed by atoms with van der Waals surface area (Å²) >= 11 is 12.6. The molecule has 0 saturated carbocycles. The Balaban J connectivity index is 1.88. The van der Waals surface area contributed by atoms with Crippen molar-refractivity contribution in [3.8, 4) is 11.1 Å². The molecule has 4 heteroatoms. The number of halogens is 2. The Morgan fingerprint density at radius 3 is 2.25 bits per heavy atom. The van der Waals surface area contributed by atoms with Crippen LogP contribution in [0.3, 0.4) is 0 Å². The van der Waals surface area contributed by atoms with Crippen LogP contribution in [0.5, 0.6) is 0 Å². The lowest BCUT2D eigenvalue weighted by atomic mass is 9.98. The number of rotatable bonds is 1. The molecule has 0 atom stereocenters. The first-order chi connectivity index (χ1) is 13.7. The number of benzene rings is 4. The van der Waals surface area contributed by atoms with Crippen LogP contribution in [0.4, 0.5) is 0 Å². The summed E-state index contributed by atoms with van der Waals surface area (Å²) in [6, 6.07) is 24.2. The van der Waals surface area contributed by atoms with Crippen LogP contribution in [0.2, 0.25) is 10.0 Å². The zero-order valence-electron chi connectivity index (χ0n) is 14.6. The highest BCUT2D eigenvalue weighted by atomic mass is 35.5. The number of aromatic amines is 1. The molecule has 6 rings (SSSR count). The smallest absolute Gasteiger partial charge is 0.145 e. The summed E-state index contributed by atoms with van der Waals surface area (Å²) in [5.74, 6) is 0. The first-order valence-electron chi connectivity index (χ1n) is 9.00. The first kappa shape index (κ1) is 16.1. The van der Waals surface area contributed by atoms with Crippen molar-refractivity contribution in [3.05, 3.63) is 82.8 Å². The molecule has 134 valence electrons. The minimum Gasteiger partial charge on any atom is -0.455 e. The molecule has 1 N–H and O–H groups in total. The predicted octanol–water partition coefficient (Wildman–Crippen LogP) is 8.19. The lowest BCUT2D eigenvalue weighted by Crippen LogP contribution is -1.83. The summed E-state index contributed by atoms with van der Waals surface area (Å²) in [5.41, 5.74) is 5.89. The van der Waals surface area contributed by atoms with E-state index >= 15 is 0 Å². The Labute approximate surface area is 170 Å². The number of H-pyrrole nitrogens is 1. The number of hydrogen-bond donors (Lipinski definition) is 1. The molecule has 0 aliphatic heterocycles. The van der Waals surface area contributed by atoms with Crippen molar-refractivity contribution in [1.29, 1.82) is 0 Å². The van der Waals surface area contributed by atoms with Gasteiger partial charge in [0.15, 0.2) is 0 Å². The van der Waals surface area contributed by atoms with E-state index in [1.54, 1.807) is 6.07 Å². The lowest BCUT2D eigenvalue weighted by Gasteiger charge is -2.07. The summed E-state index contributed by atoms with van der Waals surface area (Å²) in [6.07, 6.45) is 0. The van der Waals surface area contributed by atoms with Crippen LogP contribution in [-0.2, 0) is 0 Å². The quantitative estimate of drug-likeness (QED) is 0.295. The molecule has 6 aromatic rings. The SMILES string of the molecule is Clc1cc(Cl)cc(-c2cc3c4ccccc4oc3c3c2[nH]c2ccccc23)c1. The van der Waals surface area contributed by atoms with Gasteiger partial charge in [-0.15, -0.1) is 0 Å². The van der Waals surface area contributed by atoms with E-state index in [0.717, 1.165) is 54.9 Å². The maximum atomic E-state index is 6.31. The van der Waals surface area contributed by atoms with Crippen LogP contribution in [-0.4, -0.2) is 4.98 Å². The first-order valence-corrected chi connectivity index (χ1v) is 9.76. The fourth-order valence-electron chi connectivity index (χ4n) is 4.13. The molecular weight excluding hydrogens is 389 g/mol. The Morgan fingerprint density at radius 2 is 1.43 bits per heavy atom. The molecule has 0 aliphatic rings. The Morgan fingerprint density at radius 1 is 0.714 bits per heavy atom. The molecule has 4 aromatic carbocycles. The predicted molar refractivity (Wildman–Crippen MR) is 119 cm³/mol.